The van der Waals surface area contributed by atoms with Gasteiger partial charge in [-0.15, -0.1) is 0 Å². The smallest absolute Gasteiger partial charge is 0.0980 e. The summed E-state index contributed by atoms with van der Waals surface area (Å²) in [5, 5.41) is 9.77. The normalized spacial score (nSPS) is 21.7. The summed E-state index contributed by atoms with van der Waals surface area (Å²) in [4.78, 5) is 2.20. The van der Waals surface area contributed by atoms with Crippen molar-refractivity contribution in [2.24, 2.45) is 0 Å². The monoisotopic (exact) mass is 227 g/mol. The minimum atomic E-state index is -0.0746. The Hall–Kier alpha value is -0.770. The number of benzene rings is 1. The molecule has 0 aliphatic carbocycles. The van der Waals surface area contributed by atoms with Crippen molar-refractivity contribution >= 4 is 17.3 Å². The van der Waals surface area contributed by atoms with E-state index in [0.717, 1.165) is 23.8 Å². The maximum Gasteiger partial charge on any atom is 0.0980 e. The van der Waals surface area contributed by atoms with Gasteiger partial charge in [-0.1, -0.05) is 11.6 Å². The second kappa shape index (κ2) is 4.84. The van der Waals surface area contributed by atoms with Gasteiger partial charge in [0.1, 0.15) is 0 Å². The molecule has 0 radical (unpaired) electrons. The van der Waals surface area contributed by atoms with Crippen LogP contribution in [0.1, 0.15) is 0 Å². The Morgan fingerprint density at radius 2 is 2.13 bits per heavy atom. The van der Waals surface area contributed by atoms with Gasteiger partial charge in [0.15, 0.2) is 0 Å². The van der Waals surface area contributed by atoms with Gasteiger partial charge >= 0.3 is 0 Å². The summed E-state index contributed by atoms with van der Waals surface area (Å²) in [6.45, 7) is 2.33. The summed E-state index contributed by atoms with van der Waals surface area (Å²) in [5.74, 6) is 0. The van der Waals surface area contributed by atoms with E-state index >= 15 is 0 Å². The van der Waals surface area contributed by atoms with E-state index in [2.05, 4.69) is 4.90 Å². The summed E-state index contributed by atoms with van der Waals surface area (Å²) in [5.41, 5.74) is 1.13. The molecular weight excluding hydrogens is 214 g/mol. The molecule has 0 bridgehead atoms. The van der Waals surface area contributed by atoms with Crippen molar-refractivity contribution in [3.05, 3.63) is 29.3 Å². The van der Waals surface area contributed by atoms with E-state index < -0.39 is 0 Å². The van der Waals surface area contributed by atoms with Crippen LogP contribution >= 0.6 is 11.6 Å². The van der Waals surface area contributed by atoms with Crippen LogP contribution in [0.4, 0.5) is 5.69 Å². The van der Waals surface area contributed by atoms with E-state index in [4.69, 9.17) is 21.4 Å². The van der Waals surface area contributed by atoms with Gasteiger partial charge in [0.05, 0.1) is 19.3 Å². The first-order chi connectivity index (χ1) is 7.29. The zero-order valence-electron chi connectivity index (χ0n) is 8.40. The quantitative estimate of drug-likeness (QED) is 0.832. The van der Waals surface area contributed by atoms with E-state index in [0.29, 0.717) is 6.61 Å². The summed E-state index contributed by atoms with van der Waals surface area (Å²) >= 11 is 5.82. The molecule has 4 heteroatoms. The fourth-order valence-corrected chi connectivity index (χ4v) is 1.84. The molecule has 1 atom stereocenters. The molecule has 15 heavy (non-hydrogen) atoms. The van der Waals surface area contributed by atoms with Crippen LogP contribution in [-0.2, 0) is 4.74 Å². The van der Waals surface area contributed by atoms with Gasteiger partial charge in [-0.25, -0.2) is 0 Å². The van der Waals surface area contributed by atoms with Crippen molar-refractivity contribution in [2.75, 3.05) is 31.2 Å². The predicted octanol–water partition coefficient (Wildman–Crippen LogP) is 1.54. The molecular formula is C11H14ClNO2. The average molecular weight is 228 g/mol. The van der Waals surface area contributed by atoms with Crippen molar-refractivity contribution in [2.45, 2.75) is 6.10 Å². The van der Waals surface area contributed by atoms with Crippen LogP contribution in [0, 0.1) is 0 Å². The number of morpholine rings is 1. The molecule has 0 spiro atoms. The lowest BCUT2D eigenvalue weighted by molar-refractivity contribution is 0.00357. The van der Waals surface area contributed by atoms with Gasteiger partial charge < -0.3 is 14.7 Å². The number of ether oxygens (including phenoxy) is 1. The van der Waals surface area contributed by atoms with Gasteiger partial charge in [0.2, 0.25) is 0 Å². The molecule has 1 aromatic rings. The summed E-state index contributed by atoms with van der Waals surface area (Å²) < 4.78 is 5.38. The summed E-state index contributed by atoms with van der Waals surface area (Å²) in [6.07, 6.45) is -0.0746. The van der Waals surface area contributed by atoms with Gasteiger partial charge in [0, 0.05) is 23.8 Å². The van der Waals surface area contributed by atoms with Crippen molar-refractivity contribution in [3.8, 4) is 0 Å². The lowest BCUT2D eigenvalue weighted by atomic mass is 10.2. The standard InChI is InChI=1S/C11H14ClNO2/c12-9-1-3-10(4-2-9)13-5-6-15-11(7-13)8-14/h1-4,11,14H,5-8H2. The highest BCUT2D eigenvalue weighted by molar-refractivity contribution is 6.30. The van der Waals surface area contributed by atoms with E-state index in [1.54, 1.807) is 0 Å². The molecule has 1 heterocycles. The van der Waals surface area contributed by atoms with Crippen molar-refractivity contribution in [1.82, 2.24) is 0 Å². The number of hydrogen-bond acceptors (Lipinski definition) is 3. The number of rotatable bonds is 2. The number of hydrogen-bond donors (Lipinski definition) is 1. The molecule has 82 valence electrons. The third-order valence-electron chi connectivity index (χ3n) is 2.53. The Morgan fingerprint density at radius 1 is 1.40 bits per heavy atom. The van der Waals surface area contributed by atoms with E-state index in [-0.39, 0.29) is 12.7 Å². The number of aliphatic hydroxyl groups excluding tert-OH is 1. The second-order valence-corrected chi connectivity index (χ2v) is 4.03. The molecule has 1 saturated heterocycles. The number of halogens is 1. The molecule has 1 aliphatic heterocycles. The van der Waals surface area contributed by atoms with Gasteiger partial charge in [-0.3, -0.25) is 0 Å². The largest absolute Gasteiger partial charge is 0.394 e. The zero-order chi connectivity index (χ0) is 10.7. The summed E-state index contributed by atoms with van der Waals surface area (Å²) in [7, 11) is 0. The second-order valence-electron chi connectivity index (χ2n) is 3.60. The average Bonchev–Trinajstić information content (AvgIpc) is 2.30. The topological polar surface area (TPSA) is 32.7 Å². The van der Waals surface area contributed by atoms with Crippen LogP contribution in [0.3, 0.4) is 0 Å². The highest BCUT2D eigenvalue weighted by Gasteiger charge is 2.19. The van der Waals surface area contributed by atoms with Gasteiger partial charge in [-0.05, 0) is 24.3 Å². The Bertz CT molecular complexity index is 315. The zero-order valence-corrected chi connectivity index (χ0v) is 9.15. The van der Waals surface area contributed by atoms with Crippen LogP contribution in [0.25, 0.3) is 0 Å². The number of anilines is 1. The molecule has 1 N–H and O–H groups in total. The molecule has 1 unspecified atom stereocenters. The van der Waals surface area contributed by atoms with Gasteiger partial charge in [0.25, 0.3) is 0 Å². The van der Waals surface area contributed by atoms with Crippen LogP contribution in [0.15, 0.2) is 24.3 Å². The van der Waals surface area contributed by atoms with Gasteiger partial charge in [-0.2, -0.15) is 0 Å². The highest BCUT2D eigenvalue weighted by atomic mass is 35.5. The van der Waals surface area contributed by atoms with Crippen LogP contribution in [-0.4, -0.2) is 37.5 Å². The first-order valence-corrected chi connectivity index (χ1v) is 5.40. The molecule has 1 aromatic carbocycles. The molecule has 1 fully saturated rings. The molecule has 2 rings (SSSR count). The Balaban J connectivity index is 2.06. The van der Waals surface area contributed by atoms with Crippen molar-refractivity contribution < 1.29 is 9.84 Å². The maximum absolute atomic E-state index is 9.03. The first kappa shape index (κ1) is 10.7. The van der Waals surface area contributed by atoms with E-state index in [1.165, 1.54) is 0 Å². The minimum Gasteiger partial charge on any atom is -0.394 e. The van der Waals surface area contributed by atoms with Crippen LogP contribution < -0.4 is 4.90 Å². The van der Waals surface area contributed by atoms with E-state index in [1.807, 2.05) is 24.3 Å². The third kappa shape index (κ3) is 2.62. The van der Waals surface area contributed by atoms with Crippen LogP contribution in [0.5, 0.6) is 0 Å². The molecule has 0 aromatic heterocycles. The fourth-order valence-electron chi connectivity index (χ4n) is 1.72. The maximum atomic E-state index is 9.03. The van der Waals surface area contributed by atoms with Crippen LogP contribution in [0.2, 0.25) is 5.02 Å². The number of nitrogens with zero attached hydrogens (tertiary/aromatic N) is 1. The number of aliphatic hydroxyl groups is 1. The minimum absolute atomic E-state index is 0.0735. The highest BCUT2D eigenvalue weighted by Crippen LogP contribution is 2.20. The fraction of sp³-hybridized carbons (Fsp3) is 0.455. The Kier molecular flexibility index (Phi) is 3.46. The Morgan fingerprint density at radius 3 is 2.80 bits per heavy atom. The summed E-state index contributed by atoms with van der Waals surface area (Å²) in [6, 6.07) is 7.73. The van der Waals surface area contributed by atoms with E-state index in [9.17, 15) is 0 Å². The first-order valence-electron chi connectivity index (χ1n) is 5.02. The Labute approximate surface area is 94.2 Å². The molecule has 3 nitrogen and oxygen atoms in total. The van der Waals surface area contributed by atoms with Crippen molar-refractivity contribution in [3.63, 3.8) is 0 Å². The predicted molar refractivity (Wildman–Crippen MR) is 60.5 cm³/mol. The molecule has 1 aliphatic rings. The lowest BCUT2D eigenvalue weighted by Gasteiger charge is -2.33. The molecule has 0 amide bonds. The van der Waals surface area contributed by atoms with Crippen molar-refractivity contribution in [1.29, 1.82) is 0 Å². The SMILES string of the molecule is OCC1CN(c2ccc(Cl)cc2)CCO1. The lowest BCUT2D eigenvalue weighted by Crippen LogP contribution is -2.44. The molecule has 0 saturated carbocycles. The third-order valence-corrected chi connectivity index (χ3v) is 2.79.